The number of hydrogen-bond acceptors (Lipinski definition) is 7. The van der Waals surface area contributed by atoms with Gasteiger partial charge in [-0.15, -0.1) is 0 Å². The van der Waals surface area contributed by atoms with Gasteiger partial charge in [0.25, 0.3) is 7.82 Å². The predicted molar refractivity (Wildman–Crippen MR) is 245 cm³/mol. The van der Waals surface area contributed by atoms with Crippen molar-refractivity contribution in [3.63, 3.8) is 0 Å². The molecule has 0 aliphatic heterocycles. The molecule has 0 spiro atoms. The van der Waals surface area contributed by atoms with E-state index in [-0.39, 0.29) is 25.8 Å². The summed E-state index contributed by atoms with van der Waals surface area (Å²) in [4.78, 5) is 25.1. The van der Waals surface area contributed by atoms with E-state index in [1.807, 2.05) is 21.1 Å². The Bertz CT molecular complexity index is 1070. The average molecular weight is 838 g/mol. The number of nitrogens with zero attached hydrogens (tertiary/aromatic N) is 1. The molecule has 58 heavy (non-hydrogen) atoms. The first-order chi connectivity index (χ1) is 28.1. The van der Waals surface area contributed by atoms with Crippen molar-refractivity contribution in [2.24, 2.45) is 0 Å². The summed E-state index contributed by atoms with van der Waals surface area (Å²) in [6.45, 7) is 5.30. The number of hydrogen-bond donors (Lipinski definition) is 0. The number of allylic oxidation sites excluding steroid dienone is 8. The third-order valence-corrected chi connectivity index (χ3v) is 11.1. The number of phosphoric ester groups is 1. The molecule has 0 radical (unpaired) electrons. The van der Waals surface area contributed by atoms with Crippen LogP contribution < -0.4 is 4.89 Å². The van der Waals surface area contributed by atoms with Crippen molar-refractivity contribution in [3.8, 4) is 0 Å². The number of carbonyl (C=O) groups is 1. The first kappa shape index (κ1) is 56.5. The van der Waals surface area contributed by atoms with E-state index in [1.165, 1.54) is 109 Å². The lowest BCUT2D eigenvalue weighted by atomic mass is 10.0. The van der Waals surface area contributed by atoms with Crippen LogP contribution >= 0.6 is 7.82 Å². The standard InChI is InChI=1S/C49H92NO7P/c1-6-8-10-12-14-16-18-20-22-24-25-26-28-30-32-34-36-38-40-42-49(51)57-48(47-56-58(52,53)55-45-43-50(3,4)5)46-54-44-41-39-37-35-33-31-29-27-23-21-19-17-15-13-11-9-7-2/h8,10,14,16,20,22,25-26,48H,6-7,9,11-13,15,17-19,21,23-24,27-47H2,1-5H3/b10-8-,16-14-,22-20-,26-25-. The summed E-state index contributed by atoms with van der Waals surface area (Å²) in [5.41, 5.74) is 0. The Morgan fingerprint density at radius 1 is 0.552 bits per heavy atom. The van der Waals surface area contributed by atoms with Gasteiger partial charge in [0.1, 0.15) is 19.3 Å². The molecule has 0 aromatic rings. The number of carbonyl (C=O) groups excluding carboxylic acids is 1. The molecule has 0 aromatic heterocycles. The normalized spacial score (nSPS) is 14.1. The van der Waals surface area contributed by atoms with Gasteiger partial charge in [-0.3, -0.25) is 9.36 Å². The zero-order valence-electron chi connectivity index (χ0n) is 38.5. The van der Waals surface area contributed by atoms with Gasteiger partial charge in [-0.2, -0.15) is 0 Å². The van der Waals surface area contributed by atoms with Crippen LogP contribution in [0.25, 0.3) is 0 Å². The van der Waals surface area contributed by atoms with Crippen molar-refractivity contribution in [1.29, 1.82) is 0 Å². The Kier molecular flexibility index (Phi) is 41.0. The second-order valence-electron chi connectivity index (χ2n) is 17.1. The van der Waals surface area contributed by atoms with E-state index >= 15 is 0 Å². The molecule has 0 aliphatic carbocycles. The molecule has 2 unspecified atom stereocenters. The fourth-order valence-electron chi connectivity index (χ4n) is 6.48. The number of ether oxygens (including phenoxy) is 2. The van der Waals surface area contributed by atoms with Crippen molar-refractivity contribution >= 4 is 13.8 Å². The number of unbranched alkanes of at least 4 members (excludes halogenated alkanes) is 22. The minimum atomic E-state index is -4.53. The van der Waals surface area contributed by atoms with Gasteiger partial charge in [-0.1, -0.05) is 191 Å². The lowest BCUT2D eigenvalue weighted by molar-refractivity contribution is -0.870. The van der Waals surface area contributed by atoms with Crippen LogP contribution in [0.2, 0.25) is 0 Å². The van der Waals surface area contributed by atoms with Crippen LogP contribution in [0.3, 0.4) is 0 Å². The Hall–Kier alpha value is -1.54. The average Bonchev–Trinajstić information content (AvgIpc) is 3.18. The van der Waals surface area contributed by atoms with Crippen molar-refractivity contribution in [1.82, 2.24) is 0 Å². The summed E-state index contributed by atoms with van der Waals surface area (Å²) in [5.74, 6) is -0.346. The molecular weight excluding hydrogens is 746 g/mol. The second kappa shape index (κ2) is 42.2. The summed E-state index contributed by atoms with van der Waals surface area (Å²) in [6.07, 6.45) is 51.2. The molecule has 0 saturated heterocycles. The molecule has 0 aromatic carbocycles. The molecule has 0 rings (SSSR count). The van der Waals surface area contributed by atoms with Crippen molar-refractivity contribution < 1.29 is 37.3 Å². The van der Waals surface area contributed by atoms with Crippen molar-refractivity contribution in [2.45, 2.75) is 206 Å². The molecule has 340 valence electrons. The molecule has 9 heteroatoms. The van der Waals surface area contributed by atoms with Crippen LogP contribution in [0.1, 0.15) is 200 Å². The van der Waals surface area contributed by atoms with Gasteiger partial charge in [0, 0.05) is 13.0 Å². The SMILES string of the molecule is CC/C=C\C/C=C\C/C=C\C/C=C\CCCCCCCCC(=O)OC(COCCCCCCCCCCCCCCCCCCC)COP(=O)([O-])OCC[N+](C)(C)C. The van der Waals surface area contributed by atoms with Crippen LogP contribution in [-0.2, 0) is 27.9 Å². The molecule has 2 atom stereocenters. The van der Waals surface area contributed by atoms with Crippen molar-refractivity contribution in [2.75, 3.05) is 54.1 Å². The van der Waals surface area contributed by atoms with Gasteiger partial charge in [0.05, 0.1) is 34.4 Å². The van der Waals surface area contributed by atoms with Gasteiger partial charge in [-0.05, 0) is 51.4 Å². The Morgan fingerprint density at radius 2 is 1.00 bits per heavy atom. The van der Waals surface area contributed by atoms with E-state index in [2.05, 4.69) is 62.5 Å². The van der Waals surface area contributed by atoms with Gasteiger partial charge in [0.15, 0.2) is 0 Å². The van der Waals surface area contributed by atoms with Crippen LogP contribution in [0, 0.1) is 0 Å². The number of phosphoric acid groups is 1. The fraction of sp³-hybridized carbons (Fsp3) is 0.816. The van der Waals surface area contributed by atoms with E-state index in [0.29, 0.717) is 24.1 Å². The molecule has 0 fully saturated rings. The van der Waals surface area contributed by atoms with E-state index < -0.39 is 13.9 Å². The molecule has 0 bridgehead atoms. The molecule has 0 heterocycles. The van der Waals surface area contributed by atoms with Crippen LogP contribution in [-0.4, -0.2) is 70.7 Å². The van der Waals surface area contributed by atoms with Gasteiger partial charge in [-0.25, -0.2) is 0 Å². The Balaban J connectivity index is 4.21. The minimum Gasteiger partial charge on any atom is -0.756 e. The highest BCUT2D eigenvalue weighted by atomic mass is 31.2. The van der Waals surface area contributed by atoms with Crippen LogP contribution in [0.4, 0.5) is 0 Å². The highest BCUT2D eigenvalue weighted by Crippen LogP contribution is 2.38. The third-order valence-electron chi connectivity index (χ3n) is 10.1. The van der Waals surface area contributed by atoms with Gasteiger partial charge < -0.3 is 27.9 Å². The van der Waals surface area contributed by atoms with Gasteiger partial charge >= 0.3 is 5.97 Å². The molecular formula is C49H92NO7P. The fourth-order valence-corrected chi connectivity index (χ4v) is 7.21. The largest absolute Gasteiger partial charge is 0.756 e. The molecule has 0 saturated carbocycles. The maximum Gasteiger partial charge on any atom is 0.306 e. The lowest BCUT2D eigenvalue weighted by Gasteiger charge is -2.28. The lowest BCUT2D eigenvalue weighted by Crippen LogP contribution is -2.37. The van der Waals surface area contributed by atoms with Crippen LogP contribution in [0.15, 0.2) is 48.6 Å². The minimum absolute atomic E-state index is 0.0228. The zero-order chi connectivity index (χ0) is 42.7. The first-order valence-corrected chi connectivity index (χ1v) is 25.3. The smallest absolute Gasteiger partial charge is 0.306 e. The molecule has 0 aliphatic rings. The molecule has 0 amide bonds. The van der Waals surface area contributed by atoms with E-state index in [4.69, 9.17) is 18.5 Å². The zero-order valence-corrected chi connectivity index (χ0v) is 39.4. The Labute approximate surface area is 358 Å². The highest BCUT2D eigenvalue weighted by molar-refractivity contribution is 7.45. The quantitative estimate of drug-likeness (QED) is 0.0198. The number of quaternary nitrogens is 1. The summed E-state index contributed by atoms with van der Waals surface area (Å²) in [5, 5.41) is 0. The number of rotatable bonds is 44. The first-order valence-electron chi connectivity index (χ1n) is 23.9. The maximum absolute atomic E-state index is 12.7. The molecule has 8 nitrogen and oxygen atoms in total. The van der Waals surface area contributed by atoms with E-state index in [9.17, 15) is 14.3 Å². The van der Waals surface area contributed by atoms with Crippen LogP contribution in [0.5, 0.6) is 0 Å². The van der Waals surface area contributed by atoms with Crippen molar-refractivity contribution in [3.05, 3.63) is 48.6 Å². The summed E-state index contributed by atoms with van der Waals surface area (Å²) < 4.78 is 34.7. The van der Waals surface area contributed by atoms with E-state index in [1.54, 1.807) is 0 Å². The summed E-state index contributed by atoms with van der Waals surface area (Å²) in [6, 6.07) is 0. The summed E-state index contributed by atoms with van der Waals surface area (Å²) in [7, 11) is 1.35. The number of likely N-dealkylation sites (N-methyl/N-ethyl adjacent to an activating group) is 1. The number of esters is 1. The predicted octanol–water partition coefficient (Wildman–Crippen LogP) is 13.7. The topological polar surface area (TPSA) is 94.1 Å². The third kappa shape index (κ3) is 45.5. The van der Waals surface area contributed by atoms with E-state index in [0.717, 1.165) is 70.6 Å². The maximum atomic E-state index is 12.7. The molecule has 0 N–H and O–H groups in total. The van der Waals surface area contributed by atoms with Gasteiger partial charge in [0.2, 0.25) is 0 Å². The second-order valence-corrected chi connectivity index (χ2v) is 18.5. The monoisotopic (exact) mass is 838 g/mol. The highest BCUT2D eigenvalue weighted by Gasteiger charge is 2.20. The summed E-state index contributed by atoms with van der Waals surface area (Å²) >= 11 is 0. The Morgan fingerprint density at radius 3 is 1.50 bits per heavy atom.